The largest absolute Gasteiger partial charge is 0.297 e. The number of hydrogen-bond donors (Lipinski definition) is 0. The summed E-state index contributed by atoms with van der Waals surface area (Å²) in [6.45, 7) is 0. The van der Waals surface area contributed by atoms with Crippen LogP contribution in [0.3, 0.4) is 0 Å². The van der Waals surface area contributed by atoms with Gasteiger partial charge < -0.3 is 0 Å². The number of nitro benzene ring substituents is 1. The van der Waals surface area contributed by atoms with Crippen molar-refractivity contribution in [1.82, 2.24) is 0 Å². The van der Waals surface area contributed by atoms with Gasteiger partial charge in [-0.05, 0) is 45.5 Å². The van der Waals surface area contributed by atoms with E-state index in [0.29, 0.717) is 22.3 Å². The van der Waals surface area contributed by atoms with Gasteiger partial charge in [0.2, 0.25) is 11.8 Å². The lowest BCUT2D eigenvalue weighted by molar-refractivity contribution is -0.384. The molecule has 1 saturated heterocycles. The maximum absolute atomic E-state index is 15.8. The number of Topliss-reactive ketones (excluding diaryl/α,β-unsaturated/α-hetero) is 1. The predicted molar refractivity (Wildman–Crippen MR) is 174 cm³/mol. The first kappa shape index (κ1) is 27.6. The van der Waals surface area contributed by atoms with Crippen molar-refractivity contribution in [3.05, 3.63) is 178 Å². The molecule has 2 amide bonds. The van der Waals surface area contributed by atoms with Crippen LogP contribution in [-0.4, -0.2) is 22.5 Å². The molecule has 8 rings (SSSR count). The minimum Gasteiger partial charge on any atom is -0.297 e. The van der Waals surface area contributed by atoms with Gasteiger partial charge in [0.05, 0.1) is 33.3 Å². The molecular formula is C39H26N2O5. The lowest BCUT2D eigenvalue weighted by atomic mass is 9.59. The first-order valence-corrected chi connectivity index (χ1v) is 15.1. The van der Waals surface area contributed by atoms with E-state index >= 15 is 4.79 Å². The van der Waals surface area contributed by atoms with Gasteiger partial charge in [-0.1, -0.05) is 121 Å². The fraction of sp³-hybridized carbons (Fsp3) is 0.103. The fourth-order valence-electron chi connectivity index (χ4n) is 8.31. The van der Waals surface area contributed by atoms with Crippen molar-refractivity contribution in [2.75, 3.05) is 4.90 Å². The van der Waals surface area contributed by atoms with Crippen molar-refractivity contribution in [2.45, 2.75) is 10.8 Å². The molecule has 2 aliphatic carbocycles. The molecule has 1 aliphatic heterocycles. The van der Waals surface area contributed by atoms with Crippen LogP contribution in [0.5, 0.6) is 0 Å². The number of fused-ring (bicyclic) bond motifs is 5. The van der Waals surface area contributed by atoms with Crippen molar-refractivity contribution in [3.63, 3.8) is 0 Å². The van der Waals surface area contributed by atoms with Gasteiger partial charge in [-0.15, -0.1) is 0 Å². The Balaban J connectivity index is 1.52. The molecule has 0 radical (unpaired) electrons. The zero-order valence-electron chi connectivity index (χ0n) is 24.4. The monoisotopic (exact) mass is 602 g/mol. The number of rotatable bonds is 6. The number of ketones is 1. The molecule has 1 saturated carbocycles. The van der Waals surface area contributed by atoms with Crippen LogP contribution in [-0.2, 0) is 25.2 Å². The van der Waals surface area contributed by atoms with Crippen LogP contribution < -0.4 is 4.90 Å². The summed E-state index contributed by atoms with van der Waals surface area (Å²) in [6, 6.07) is 43.4. The molecule has 222 valence electrons. The lowest BCUT2D eigenvalue weighted by Crippen LogP contribution is -2.45. The number of benzene rings is 5. The Morgan fingerprint density at radius 1 is 0.522 bits per heavy atom. The second kappa shape index (κ2) is 10.0. The van der Waals surface area contributed by atoms with E-state index in [1.165, 1.54) is 24.3 Å². The van der Waals surface area contributed by atoms with Crippen LogP contribution in [0, 0.1) is 22.0 Å². The second-order valence-corrected chi connectivity index (χ2v) is 11.9. The summed E-state index contributed by atoms with van der Waals surface area (Å²) in [5.74, 6) is -3.32. The zero-order valence-corrected chi connectivity index (χ0v) is 24.4. The van der Waals surface area contributed by atoms with Crippen molar-refractivity contribution in [3.8, 4) is 0 Å². The number of imide groups is 1. The smallest absolute Gasteiger partial charge is 0.269 e. The number of carbonyl (C=O) groups is 3. The second-order valence-electron chi connectivity index (χ2n) is 11.9. The number of non-ortho nitro benzene ring substituents is 1. The first-order valence-electron chi connectivity index (χ1n) is 15.1. The molecule has 7 nitrogen and oxygen atoms in total. The molecule has 46 heavy (non-hydrogen) atoms. The Morgan fingerprint density at radius 3 is 1.26 bits per heavy atom. The summed E-state index contributed by atoms with van der Waals surface area (Å²) in [5, 5.41) is 11.4. The fourth-order valence-corrected chi connectivity index (χ4v) is 8.31. The summed E-state index contributed by atoms with van der Waals surface area (Å²) in [6.07, 6.45) is 0. The summed E-state index contributed by atoms with van der Waals surface area (Å²) >= 11 is 0. The number of allylic oxidation sites excluding steroid dienone is 2. The highest BCUT2D eigenvalue weighted by Crippen LogP contribution is 2.74. The molecule has 2 fully saturated rings. The molecular weight excluding hydrogens is 576 g/mol. The highest BCUT2D eigenvalue weighted by atomic mass is 16.6. The number of hydrogen-bond acceptors (Lipinski definition) is 5. The number of amides is 2. The normalized spacial score (nSPS) is 24.9. The minimum atomic E-state index is -1.50. The van der Waals surface area contributed by atoms with Gasteiger partial charge in [-0.25, -0.2) is 4.90 Å². The van der Waals surface area contributed by atoms with Gasteiger partial charge in [-0.3, -0.25) is 24.5 Å². The van der Waals surface area contributed by atoms with Gasteiger partial charge in [-0.2, -0.15) is 0 Å². The predicted octanol–water partition coefficient (Wildman–Crippen LogP) is 6.78. The zero-order chi connectivity index (χ0) is 31.6. The van der Waals surface area contributed by atoms with Crippen molar-refractivity contribution < 1.29 is 19.3 Å². The molecule has 0 N–H and O–H groups in total. The number of nitro groups is 1. The van der Waals surface area contributed by atoms with Crippen LogP contribution in [0.15, 0.2) is 146 Å². The van der Waals surface area contributed by atoms with Crippen LogP contribution in [0.4, 0.5) is 11.4 Å². The molecule has 0 aromatic heterocycles. The molecule has 0 spiro atoms. The molecule has 0 unspecified atom stereocenters. The average molecular weight is 603 g/mol. The summed E-state index contributed by atoms with van der Waals surface area (Å²) in [7, 11) is 0. The van der Waals surface area contributed by atoms with Gasteiger partial charge in [0.15, 0.2) is 5.78 Å². The Morgan fingerprint density at radius 2 is 0.891 bits per heavy atom. The summed E-state index contributed by atoms with van der Waals surface area (Å²) in [4.78, 5) is 57.7. The Hall–Kier alpha value is -5.95. The van der Waals surface area contributed by atoms with E-state index in [4.69, 9.17) is 0 Å². The lowest BCUT2D eigenvalue weighted by Gasteiger charge is -2.39. The number of nitrogens with zero attached hydrogens (tertiary/aromatic N) is 2. The average Bonchev–Trinajstić information content (AvgIpc) is 3.62. The van der Waals surface area contributed by atoms with E-state index in [9.17, 15) is 19.7 Å². The third kappa shape index (κ3) is 3.39. The van der Waals surface area contributed by atoms with Crippen molar-refractivity contribution in [1.29, 1.82) is 0 Å². The third-order valence-electron chi connectivity index (χ3n) is 9.90. The third-order valence-corrected chi connectivity index (χ3v) is 9.90. The maximum atomic E-state index is 15.8. The Kier molecular flexibility index (Phi) is 6.02. The topological polar surface area (TPSA) is 97.6 Å². The first-order chi connectivity index (χ1) is 22.4. The van der Waals surface area contributed by atoms with Crippen molar-refractivity contribution >= 4 is 40.1 Å². The van der Waals surface area contributed by atoms with Crippen LogP contribution in [0.25, 0.3) is 11.1 Å². The SMILES string of the molecule is O=C1[C@H]2[C@H](C(=O)N1c1ccc([N+](=O)[O-])cc1)[C@]1(c3ccccc3)C(=O)[C@]2(c2ccccc2)C(c2ccccc2)=C1c1ccccc1. The maximum Gasteiger partial charge on any atom is 0.269 e. The van der Waals surface area contributed by atoms with E-state index in [1.807, 2.05) is 121 Å². The standard InChI is InChI=1S/C39H26N2O5/c42-35-33-34(36(43)40(35)29-21-23-30(24-22-29)41(45)46)39(28-19-11-4-12-20-28)32(26-15-7-2-8-16-26)31(25-13-5-1-6-14-25)38(33,37(39)44)27-17-9-3-10-18-27/h1-24,33-34H/t33-,34-,38-,39-/m1/s1. The molecule has 5 aromatic carbocycles. The van der Waals surface area contributed by atoms with E-state index < -0.39 is 39.4 Å². The highest BCUT2D eigenvalue weighted by Gasteiger charge is 2.82. The van der Waals surface area contributed by atoms with Gasteiger partial charge >= 0.3 is 0 Å². The quantitative estimate of drug-likeness (QED) is 0.121. The van der Waals surface area contributed by atoms with E-state index in [2.05, 4.69) is 0 Å². The summed E-state index contributed by atoms with van der Waals surface area (Å²) in [5.41, 5.74) is 1.38. The number of carbonyl (C=O) groups excluding carboxylic acids is 3. The molecule has 2 bridgehead atoms. The van der Waals surface area contributed by atoms with Crippen LogP contribution in [0.2, 0.25) is 0 Å². The van der Waals surface area contributed by atoms with E-state index in [-0.39, 0.29) is 17.2 Å². The van der Waals surface area contributed by atoms with E-state index in [1.54, 1.807) is 0 Å². The van der Waals surface area contributed by atoms with Gasteiger partial charge in [0, 0.05) is 12.1 Å². The van der Waals surface area contributed by atoms with Crippen molar-refractivity contribution in [2.24, 2.45) is 11.8 Å². The molecule has 4 atom stereocenters. The van der Waals surface area contributed by atoms with Crippen LogP contribution >= 0.6 is 0 Å². The van der Waals surface area contributed by atoms with Crippen LogP contribution in [0.1, 0.15) is 22.3 Å². The number of anilines is 1. The minimum absolute atomic E-state index is 0.154. The Bertz CT molecular complexity index is 1960. The molecule has 5 aromatic rings. The van der Waals surface area contributed by atoms with Gasteiger partial charge in [0.1, 0.15) is 0 Å². The molecule has 3 aliphatic rings. The molecule has 1 heterocycles. The molecule has 7 heteroatoms. The van der Waals surface area contributed by atoms with E-state index in [0.717, 1.165) is 16.0 Å². The summed E-state index contributed by atoms with van der Waals surface area (Å²) < 4.78 is 0. The van der Waals surface area contributed by atoms with Gasteiger partial charge in [0.25, 0.3) is 5.69 Å². The Labute approximate surface area is 264 Å². The highest BCUT2D eigenvalue weighted by molar-refractivity contribution is 6.39.